The van der Waals surface area contributed by atoms with Crippen molar-refractivity contribution in [3.63, 3.8) is 0 Å². The maximum atomic E-state index is 8.52. The Bertz CT molecular complexity index is 343. The Morgan fingerprint density at radius 3 is 0.500 bits per heavy atom. The molecule has 18 heteroatoms. The summed E-state index contributed by atoms with van der Waals surface area (Å²) in [5, 5.41) is 0. The first-order valence-corrected chi connectivity index (χ1v) is 6.00. The van der Waals surface area contributed by atoms with Gasteiger partial charge in [-0.15, -0.1) is 0 Å². The fourth-order valence-corrected chi connectivity index (χ4v) is 0. The van der Waals surface area contributed by atoms with Gasteiger partial charge < -0.3 is 32.8 Å². The van der Waals surface area contributed by atoms with Gasteiger partial charge in [-0.1, -0.05) is 0 Å². The van der Waals surface area contributed by atoms with Crippen molar-refractivity contribution in [3.8, 4) is 0 Å². The maximum absolute atomic E-state index is 8.52. The summed E-state index contributed by atoms with van der Waals surface area (Å²) in [5.41, 5.74) is 0. The summed E-state index contributed by atoms with van der Waals surface area (Å²) >= 11 is 0. The second-order valence-electron chi connectivity index (χ2n) is 1.22. The predicted octanol–water partition coefficient (Wildman–Crippen LogP) is -7.84. The summed E-state index contributed by atoms with van der Waals surface area (Å²) in [6.07, 6.45) is 0. The van der Waals surface area contributed by atoms with E-state index in [0.717, 1.165) is 0 Å². The van der Waals surface area contributed by atoms with Crippen LogP contribution in [0.1, 0.15) is 0 Å². The Balaban J connectivity index is -0.0000000277. The van der Waals surface area contributed by atoms with Crippen molar-refractivity contribution in [2.75, 3.05) is 0 Å². The first kappa shape index (κ1) is 36.5. The average Bonchev–Trinajstić information content (AvgIpc) is 1.41. The van der Waals surface area contributed by atoms with Crippen molar-refractivity contribution in [2.45, 2.75) is 0 Å². The number of hydrogen-bond acceptors (Lipinski definition) is 12. The van der Waals surface area contributed by atoms with Gasteiger partial charge in [0.2, 0.25) is 0 Å². The molecule has 13 nitrogen and oxygen atoms in total. The monoisotopic (exact) mass is 380 g/mol. The molecule has 0 aliphatic carbocycles. The molecule has 0 aromatic rings. The van der Waals surface area contributed by atoms with Gasteiger partial charge >= 0.3 is 48.1 Å². The molecular weight excluding hydrogens is 378 g/mol. The molecule has 0 radical (unpaired) electrons. The summed E-state index contributed by atoms with van der Waals surface area (Å²) in [7, 11) is -15.5. The minimum Gasteiger partial charge on any atom is -0.759 e. The summed E-state index contributed by atoms with van der Waals surface area (Å²) in [6, 6.07) is 0. The van der Waals surface area contributed by atoms with Crippen LogP contribution < -0.4 is 29.6 Å². The first-order valence-electron chi connectivity index (χ1n) is 2.00. The van der Waals surface area contributed by atoms with Crippen molar-refractivity contribution >= 4 is 31.2 Å². The molecule has 0 saturated carbocycles. The molecule has 0 spiro atoms. The molecule has 0 fully saturated rings. The molecule has 0 aromatic heterocycles. The zero-order chi connectivity index (χ0) is 13.5. The largest absolute Gasteiger partial charge is 5.00 e. The molecule has 0 saturated heterocycles. The Morgan fingerprint density at radius 2 is 0.500 bits per heavy atom. The third-order valence-electron chi connectivity index (χ3n) is 0. The van der Waals surface area contributed by atoms with Crippen LogP contribution in [0, 0.1) is 0 Å². The summed E-state index contributed by atoms with van der Waals surface area (Å²) < 4.78 is 102. The number of hydrogen-bond donors (Lipinski definition) is 0. The molecule has 0 rings (SSSR count). The average molecular weight is 380 g/mol. The third-order valence-corrected chi connectivity index (χ3v) is 0. The molecule has 0 amide bonds. The third kappa shape index (κ3) is 3360. The Labute approximate surface area is 136 Å². The van der Waals surface area contributed by atoms with Gasteiger partial charge in [-0.05, 0) is 0 Å². The second kappa shape index (κ2) is 14.6. The topological polar surface area (TPSA) is 272 Å². The van der Waals surface area contributed by atoms with Crippen LogP contribution in [0.25, 0.3) is 0 Å². The molecule has 18 heavy (non-hydrogen) atoms. The number of rotatable bonds is 0. The van der Waals surface area contributed by atoms with Crippen molar-refractivity contribution in [2.24, 2.45) is 0 Å². The quantitative estimate of drug-likeness (QED) is 0.215. The molecule has 0 aromatic carbocycles. The van der Waals surface area contributed by atoms with E-state index in [2.05, 4.69) is 0 Å². The van der Waals surface area contributed by atoms with Crippen molar-refractivity contribution in [1.82, 2.24) is 0 Å². The molecule has 0 bridgehead atoms. The van der Waals surface area contributed by atoms with Crippen LogP contribution >= 0.6 is 0 Å². The second-order valence-corrected chi connectivity index (χ2v) is 3.67. The van der Waals surface area contributed by atoms with Crippen molar-refractivity contribution in [3.05, 3.63) is 0 Å². The van der Waals surface area contributed by atoms with E-state index < -0.39 is 31.2 Å². The minimum absolute atomic E-state index is 0. The van der Waals surface area contributed by atoms with Crippen LogP contribution in [0.2, 0.25) is 0 Å². The predicted molar refractivity (Wildman–Crippen MR) is 35.0 cm³/mol. The zero-order valence-electron chi connectivity index (χ0n) is 8.07. The molecule has 0 heterocycles. The van der Waals surface area contributed by atoms with Gasteiger partial charge in [0.05, 0.1) is 0 Å². The van der Waals surface area contributed by atoms with Crippen LogP contribution in [-0.2, 0) is 49.8 Å². The smallest absolute Gasteiger partial charge is 0.759 e. The van der Waals surface area contributed by atoms with E-state index in [1.807, 2.05) is 0 Å². The van der Waals surface area contributed by atoms with Crippen LogP contribution in [0.15, 0.2) is 0 Å². The Morgan fingerprint density at radius 1 is 0.500 bits per heavy atom. The molecular formula is H2NaO13S3V. The fourth-order valence-electron chi connectivity index (χ4n) is 0. The van der Waals surface area contributed by atoms with Crippen LogP contribution in [0.4, 0.5) is 0 Å². The van der Waals surface area contributed by atoms with Gasteiger partial charge in [0.1, 0.15) is 0 Å². The maximum Gasteiger partial charge on any atom is 5.00 e. The van der Waals surface area contributed by atoms with Gasteiger partial charge in [0.15, 0.2) is 0 Å². The van der Waals surface area contributed by atoms with Gasteiger partial charge in [-0.3, -0.25) is 25.3 Å². The van der Waals surface area contributed by atoms with Gasteiger partial charge in [-0.2, -0.15) is 0 Å². The molecule has 0 atom stereocenters. The Hall–Kier alpha value is 1.15. The van der Waals surface area contributed by atoms with Crippen LogP contribution in [-0.4, -0.2) is 58.0 Å². The van der Waals surface area contributed by atoms with E-state index in [0.29, 0.717) is 0 Å². The van der Waals surface area contributed by atoms with E-state index in [1.165, 1.54) is 0 Å². The first-order chi connectivity index (χ1) is 6.00. The minimum atomic E-state index is -5.17. The Kier molecular flexibility index (Phi) is 29.5. The molecule has 2 N–H and O–H groups in total. The van der Waals surface area contributed by atoms with E-state index in [4.69, 9.17) is 52.6 Å². The fraction of sp³-hybridized carbons (Fsp3) is 0. The van der Waals surface area contributed by atoms with Crippen molar-refractivity contribution < 1.29 is 106 Å². The van der Waals surface area contributed by atoms with E-state index in [-0.39, 0.29) is 53.6 Å². The van der Waals surface area contributed by atoms with Gasteiger partial charge in [-0.25, -0.2) is 0 Å². The van der Waals surface area contributed by atoms with Crippen LogP contribution in [0.3, 0.4) is 0 Å². The van der Waals surface area contributed by atoms with E-state index >= 15 is 0 Å². The van der Waals surface area contributed by atoms with Crippen LogP contribution in [0.5, 0.6) is 0 Å². The van der Waals surface area contributed by atoms with E-state index in [1.54, 1.807) is 0 Å². The van der Waals surface area contributed by atoms with Gasteiger partial charge in [0.25, 0.3) is 0 Å². The standard InChI is InChI=1S/Na.3H2O4S.H2O.V/c;3*1-5(2,3)4;;/h;3*(H2,1,2,3,4);1H2;/q+1;;;;;+5/p-6. The molecule has 0 aliphatic rings. The molecule has 0 aliphatic heterocycles. The summed E-state index contributed by atoms with van der Waals surface area (Å²) in [5.74, 6) is 0. The molecule has 104 valence electrons. The van der Waals surface area contributed by atoms with Crippen molar-refractivity contribution in [1.29, 1.82) is 0 Å². The summed E-state index contributed by atoms with van der Waals surface area (Å²) in [6.45, 7) is 0. The normalized spacial score (nSPS) is 9.67. The summed E-state index contributed by atoms with van der Waals surface area (Å²) in [4.78, 5) is 0. The zero-order valence-corrected chi connectivity index (χ0v) is 13.9. The SMILES string of the molecule is O.O=S(=O)([O-])[O-].O=S(=O)([O-])[O-].O=S(=O)([O-])[O-].[Na+].[V+5]. The van der Waals surface area contributed by atoms with Gasteiger partial charge in [0, 0.05) is 31.2 Å². The molecule has 0 unspecified atom stereocenters. The van der Waals surface area contributed by atoms with E-state index in [9.17, 15) is 0 Å².